The van der Waals surface area contributed by atoms with Crippen molar-refractivity contribution in [2.24, 2.45) is 5.92 Å². The van der Waals surface area contributed by atoms with Gasteiger partial charge in [0.1, 0.15) is 18.1 Å². The molecule has 1 heterocycles. The van der Waals surface area contributed by atoms with Crippen LogP contribution in [0.1, 0.15) is 40.3 Å². The molecule has 172 valence electrons. The molecular formula is C27H29BrN2O3. The molecule has 1 aromatic heterocycles. The van der Waals surface area contributed by atoms with Gasteiger partial charge >= 0.3 is 0 Å². The van der Waals surface area contributed by atoms with Gasteiger partial charge in [-0.3, -0.25) is 9.59 Å². The fourth-order valence-corrected chi connectivity index (χ4v) is 4.26. The number of carbonyl (C=O) groups excluding carboxylic acids is 2. The number of nitrogens with zero attached hydrogens (tertiary/aromatic N) is 2. The molecule has 1 aliphatic carbocycles. The van der Waals surface area contributed by atoms with Gasteiger partial charge in [0, 0.05) is 23.1 Å². The Morgan fingerprint density at radius 1 is 1.00 bits per heavy atom. The number of hydrogen-bond acceptors (Lipinski definition) is 3. The van der Waals surface area contributed by atoms with Gasteiger partial charge in [-0.15, -0.1) is 0 Å². The average molecular weight is 509 g/mol. The van der Waals surface area contributed by atoms with Gasteiger partial charge in [-0.2, -0.15) is 0 Å². The molecule has 0 spiro atoms. The molecular weight excluding hydrogens is 480 g/mol. The molecule has 2 amide bonds. The lowest BCUT2D eigenvalue weighted by Gasteiger charge is -2.27. The summed E-state index contributed by atoms with van der Waals surface area (Å²) in [7, 11) is 0. The molecule has 2 aromatic carbocycles. The smallest absolute Gasteiger partial charge is 0.254 e. The standard InChI is InChI=1S/C27H29BrN2O3/c1-20-10-13-25(33-20)18-29(15-14-21-6-3-2-4-7-21)26(31)19-30(17-22-11-12-22)27(32)23-8-5-9-24(28)16-23/h2-10,13,16,22H,11-12,14-15,17-19H2,1H3. The monoisotopic (exact) mass is 508 g/mol. The summed E-state index contributed by atoms with van der Waals surface area (Å²) in [4.78, 5) is 30.3. The Bertz CT molecular complexity index is 1090. The Morgan fingerprint density at radius 2 is 1.79 bits per heavy atom. The van der Waals surface area contributed by atoms with Gasteiger partial charge in [0.2, 0.25) is 5.91 Å². The molecule has 4 rings (SSSR count). The zero-order chi connectivity index (χ0) is 23.2. The van der Waals surface area contributed by atoms with E-state index in [-0.39, 0.29) is 18.4 Å². The SMILES string of the molecule is Cc1ccc(CN(CCc2ccccc2)C(=O)CN(CC2CC2)C(=O)c2cccc(Br)c2)o1. The van der Waals surface area contributed by atoms with Crippen molar-refractivity contribution >= 4 is 27.7 Å². The van der Waals surface area contributed by atoms with E-state index in [4.69, 9.17) is 4.42 Å². The van der Waals surface area contributed by atoms with Crippen LogP contribution >= 0.6 is 15.9 Å². The second kappa shape index (κ2) is 10.8. The molecule has 0 atom stereocenters. The molecule has 0 bridgehead atoms. The third-order valence-corrected chi connectivity index (χ3v) is 6.36. The summed E-state index contributed by atoms with van der Waals surface area (Å²) in [6, 6.07) is 21.3. The van der Waals surface area contributed by atoms with Crippen molar-refractivity contribution < 1.29 is 14.0 Å². The van der Waals surface area contributed by atoms with Crippen molar-refractivity contribution in [2.45, 2.75) is 32.7 Å². The lowest BCUT2D eigenvalue weighted by molar-refractivity contribution is -0.132. The van der Waals surface area contributed by atoms with E-state index in [9.17, 15) is 9.59 Å². The topological polar surface area (TPSA) is 53.8 Å². The normalized spacial score (nSPS) is 13.0. The number of hydrogen-bond donors (Lipinski definition) is 0. The lowest BCUT2D eigenvalue weighted by atomic mass is 10.1. The molecule has 6 heteroatoms. The largest absolute Gasteiger partial charge is 0.464 e. The molecule has 5 nitrogen and oxygen atoms in total. The predicted octanol–water partition coefficient (Wildman–Crippen LogP) is 5.47. The van der Waals surface area contributed by atoms with E-state index < -0.39 is 0 Å². The summed E-state index contributed by atoms with van der Waals surface area (Å²) in [5.74, 6) is 1.89. The van der Waals surface area contributed by atoms with Gasteiger partial charge in [0.05, 0.1) is 6.54 Å². The van der Waals surface area contributed by atoms with Crippen molar-refractivity contribution in [1.29, 1.82) is 0 Å². The molecule has 0 saturated heterocycles. The third kappa shape index (κ3) is 6.81. The first-order chi connectivity index (χ1) is 16.0. The second-order valence-electron chi connectivity index (χ2n) is 8.70. The fourth-order valence-electron chi connectivity index (χ4n) is 3.86. The van der Waals surface area contributed by atoms with E-state index in [2.05, 4.69) is 28.1 Å². The summed E-state index contributed by atoms with van der Waals surface area (Å²) < 4.78 is 6.60. The first-order valence-electron chi connectivity index (χ1n) is 11.4. The van der Waals surface area contributed by atoms with E-state index in [1.807, 2.05) is 55.5 Å². The highest BCUT2D eigenvalue weighted by atomic mass is 79.9. The highest BCUT2D eigenvalue weighted by molar-refractivity contribution is 9.10. The fraction of sp³-hybridized carbons (Fsp3) is 0.333. The van der Waals surface area contributed by atoms with E-state index in [1.165, 1.54) is 5.56 Å². The maximum Gasteiger partial charge on any atom is 0.254 e. The summed E-state index contributed by atoms with van der Waals surface area (Å²) in [6.45, 7) is 3.53. The molecule has 1 aliphatic rings. The number of halogens is 1. The number of rotatable bonds is 10. The van der Waals surface area contributed by atoms with Gasteiger partial charge in [-0.05, 0) is 68.0 Å². The van der Waals surface area contributed by atoms with E-state index in [0.29, 0.717) is 31.1 Å². The minimum Gasteiger partial charge on any atom is -0.464 e. The van der Waals surface area contributed by atoms with Crippen molar-refractivity contribution in [3.8, 4) is 0 Å². The predicted molar refractivity (Wildman–Crippen MR) is 132 cm³/mol. The van der Waals surface area contributed by atoms with Crippen LogP contribution in [0, 0.1) is 12.8 Å². The van der Waals surface area contributed by atoms with Crippen LogP contribution < -0.4 is 0 Å². The van der Waals surface area contributed by atoms with Crippen LogP contribution in [-0.2, 0) is 17.8 Å². The van der Waals surface area contributed by atoms with E-state index in [0.717, 1.165) is 35.3 Å². The van der Waals surface area contributed by atoms with Crippen LogP contribution in [0.2, 0.25) is 0 Å². The summed E-state index contributed by atoms with van der Waals surface area (Å²) in [6.07, 6.45) is 2.97. The third-order valence-electron chi connectivity index (χ3n) is 5.87. The average Bonchev–Trinajstić information content (AvgIpc) is 3.54. The number of amides is 2. The van der Waals surface area contributed by atoms with Crippen molar-refractivity contribution in [3.63, 3.8) is 0 Å². The quantitative estimate of drug-likeness (QED) is 0.364. The highest BCUT2D eigenvalue weighted by Crippen LogP contribution is 2.30. The lowest BCUT2D eigenvalue weighted by Crippen LogP contribution is -2.44. The van der Waals surface area contributed by atoms with Crippen molar-refractivity contribution in [3.05, 3.63) is 93.9 Å². The molecule has 0 unspecified atom stereocenters. The van der Waals surface area contributed by atoms with Gasteiger partial charge in [-0.25, -0.2) is 0 Å². The Morgan fingerprint density at radius 3 is 2.45 bits per heavy atom. The number of benzene rings is 2. The molecule has 0 aliphatic heterocycles. The zero-order valence-electron chi connectivity index (χ0n) is 18.9. The maximum absolute atomic E-state index is 13.5. The molecule has 0 radical (unpaired) electrons. The van der Waals surface area contributed by atoms with Crippen molar-refractivity contribution in [2.75, 3.05) is 19.6 Å². The molecule has 0 N–H and O–H groups in total. The zero-order valence-corrected chi connectivity index (χ0v) is 20.5. The van der Waals surface area contributed by atoms with Crippen LogP contribution in [-0.4, -0.2) is 41.2 Å². The summed E-state index contributed by atoms with van der Waals surface area (Å²) in [5.41, 5.74) is 1.77. The Labute approximate surface area is 203 Å². The first-order valence-corrected chi connectivity index (χ1v) is 12.2. The number of carbonyl (C=O) groups is 2. The number of aryl methyl sites for hydroxylation is 1. The van der Waals surface area contributed by atoms with Crippen LogP contribution in [0.15, 0.2) is 75.6 Å². The van der Waals surface area contributed by atoms with Crippen LogP contribution in [0.3, 0.4) is 0 Å². The molecule has 33 heavy (non-hydrogen) atoms. The van der Waals surface area contributed by atoms with Crippen LogP contribution in [0.4, 0.5) is 0 Å². The Hall–Kier alpha value is -2.86. The van der Waals surface area contributed by atoms with Crippen LogP contribution in [0.25, 0.3) is 0 Å². The Kier molecular flexibility index (Phi) is 7.65. The first kappa shape index (κ1) is 23.3. The van der Waals surface area contributed by atoms with Gasteiger partial charge in [-0.1, -0.05) is 52.3 Å². The highest BCUT2D eigenvalue weighted by Gasteiger charge is 2.30. The molecule has 1 fully saturated rings. The van der Waals surface area contributed by atoms with E-state index >= 15 is 0 Å². The van der Waals surface area contributed by atoms with Gasteiger partial charge < -0.3 is 14.2 Å². The molecule has 3 aromatic rings. The number of furan rings is 1. The van der Waals surface area contributed by atoms with Crippen LogP contribution in [0.5, 0.6) is 0 Å². The van der Waals surface area contributed by atoms with Crippen molar-refractivity contribution in [1.82, 2.24) is 9.80 Å². The summed E-state index contributed by atoms with van der Waals surface area (Å²) in [5, 5.41) is 0. The maximum atomic E-state index is 13.5. The second-order valence-corrected chi connectivity index (χ2v) is 9.62. The minimum absolute atomic E-state index is 0.0658. The summed E-state index contributed by atoms with van der Waals surface area (Å²) >= 11 is 3.44. The minimum atomic E-state index is -0.103. The molecule has 1 saturated carbocycles. The van der Waals surface area contributed by atoms with E-state index in [1.54, 1.807) is 15.9 Å². The Balaban J connectivity index is 1.49. The van der Waals surface area contributed by atoms with Gasteiger partial charge in [0.15, 0.2) is 0 Å². The van der Waals surface area contributed by atoms with Gasteiger partial charge in [0.25, 0.3) is 5.91 Å².